The molecule has 3 atom stereocenters. The van der Waals surface area contributed by atoms with Gasteiger partial charge in [0.05, 0.1) is 29.9 Å². The lowest BCUT2D eigenvalue weighted by atomic mass is 9.97. The Morgan fingerprint density at radius 1 is 0.864 bits per heavy atom. The van der Waals surface area contributed by atoms with Crippen LogP contribution in [0.5, 0.6) is 0 Å². The number of β-lactam (4-membered cyclic amide) rings is 2. The molecule has 0 aromatic rings. The summed E-state index contributed by atoms with van der Waals surface area (Å²) in [4.78, 5) is 83.2. The Morgan fingerprint density at radius 3 is 1.93 bits per heavy atom. The van der Waals surface area contributed by atoms with Crippen LogP contribution in [0.15, 0.2) is 35.6 Å². The third kappa shape index (κ3) is 7.36. The number of ether oxygens (including phenoxy) is 6. The van der Waals surface area contributed by atoms with Crippen molar-refractivity contribution < 1.29 is 67.1 Å². The zero-order chi connectivity index (χ0) is 33.0. The molecule has 3 saturated heterocycles. The van der Waals surface area contributed by atoms with E-state index in [1.807, 2.05) is 0 Å². The van der Waals surface area contributed by atoms with E-state index in [1.165, 1.54) is 4.90 Å². The number of rotatable bonds is 8. The summed E-state index contributed by atoms with van der Waals surface area (Å²) in [7, 11) is 0. The number of allylic oxidation sites excluding steroid dienone is 2. The standard InChI is InChI=1S/2C14H17NO7/c2*1-14(2,3)13(19)21-7-20-12(18)11-8(4-5-16)22-10-6-9(17)15(10)11/h4-5,10,16H,6-7H2,1-3H3;4-5,10-11H,6-7H2,1-3H3/t10-;10-,11?/m11/s1. The van der Waals surface area contributed by atoms with Crippen molar-refractivity contribution in [2.24, 2.45) is 10.8 Å². The van der Waals surface area contributed by atoms with Gasteiger partial charge in [0.1, 0.15) is 12.0 Å². The number of aldehydes is 1. The third-order valence-electron chi connectivity index (χ3n) is 6.28. The molecule has 0 aliphatic carbocycles. The molecule has 0 aromatic heterocycles. The lowest BCUT2D eigenvalue weighted by molar-refractivity contribution is -0.179. The molecule has 240 valence electrons. The largest absolute Gasteiger partial charge is 0.515 e. The molecule has 4 heterocycles. The van der Waals surface area contributed by atoms with Gasteiger partial charge < -0.3 is 33.5 Å². The molecule has 0 bridgehead atoms. The van der Waals surface area contributed by atoms with Crippen LogP contribution < -0.4 is 0 Å². The average Bonchev–Trinajstić information content (AvgIpc) is 3.38. The predicted octanol–water partition coefficient (Wildman–Crippen LogP) is 1.06. The fraction of sp³-hybridized carbons (Fsp3) is 0.536. The first-order valence-corrected chi connectivity index (χ1v) is 13.4. The van der Waals surface area contributed by atoms with Crippen LogP contribution in [0.1, 0.15) is 54.4 Å². The van der Waals surface area contributed by atoms with Crippen molar-refractivity contribution in [1.82, 2.24) is 9.80 Å². The number of nitrogens with zero attached hydrogens (tertiary/aromatic N) is 2. The molecule has 0 spiro atoms. The summed E-state index contributed by atoms with van der Waals surface area (Å²) in [5.41, 5.74) is -1.55. The van der Waals surface area contributed by atoms with Crippen molar-refractivity contribution in [3.05, 3.63) is 35.6 Å². The maximum absolute atomic E-state index is 12.1. The van der Waals surface area contributed by atoms with Gasteiger partial charge in [-0.15, -0.1) is 0 Å². The molecule has 3 fully saturated rings. The first-order chi connectivity index (χ1) is 20.5. The maximum Gasteiger partial charge on any atom is 0.361 e. The maximum atomic E-state index is 12.1. The summed E-state index contributed by atoms with van der Waals surface area (Å²) >= 11 is 0. The van der Waals surface area contributed by atoms with E-state index in [2.05, 4.69) is 0 Å². The van der Waals surface area contributed by atoms with E-state index in [0.717, 1.165) is 17.1 Å². The first-order valence-electron chi connectivity index (χ1n) is 13.4. The Balaban J connectivity index is 0.000000240. The van der Waals surface area contributed by atoms with Gasteiger partial charge in [0, 0.05) is 12.2 Å². The number of carbonyl (C=O) groups is 7. The molecule has 4 aliphatic rings. The highest BCUT2D eigenvalue weighted by Crippen LogP contribution is 2.38. The van der Waals surface area contributed by atoms with Crippen molar-refractivity contribution in [3.63, 3.8) is 0 Å². The molecule has 0 saturated carbocycles. The van der Waals surface area contributed by atoms with Gasteiger partial charge in [-0.2, -0.15) is 0 Å². The second-order valence-electron chi connectivity index (χ2n) is 11.7. The topological polar surface area (TPSA) is 202 Å². The van der Waals surface area contributed by atoms with Crippen molar-refractivity contribution in [1.29, 1.82) is 0 Å². The molecule has 0 aromatic carbocycles. The number of fused-ring (bicyclic) bond motifs is 2. The molecule has 0 radical (unpaired) electrons. The number of amides is 2. The average molecular weight is 623 g/mol. The molecule has 4 rings (SSSR count). The van der Waals surface area contributed by atoms with E-state index in [9.17, 15) is 33.6 Å². The number of aliphatic hydroxyl groups excluding tert-OH is 1. The van der Waals surface area contributed by atoms with E-state index in [0.29, 0.717) is 12.5 Å². The van der Waals surface area contributed by atoms with Crippen LogP contribution in [-0.4, -0.2) is 89.0 Å². The first kappa shape index (κ1) is 33.6. The highest BCUT2D eigenvalue weighted by Gasteiger charge is 2.54. The van der Waals surface area contributed by atoms with Crippen LogP contribution in [0, 0.1) is 10.8 Å². The van der Waals surface area contributed by atoms with Crippen LogP contribution in [0.2, 0.25) is 0 Å². The number of carbonyl (C=O) groups excluding carboxylic acids is 7. The third-order valence-corrected chi connectivity index (χ3v) is 6.28. The number of hydrogen-bond donors (Lipinski definition) is 1. The van der Waals surface area contributed by atoms with E-state index in [-0.39, 0.29) is 41.9 Å². The minimum atomic E-state index is -1.11. The minimum absolute atomic E-state index is 0.0329. The summed E-state index contributed by atoms with van der Waals surface area (Å²) in [5, 5.41) is 8.80. The molecule has 44 heavy (non-hydrogen) atoms. The van der Waals surface area contributed by atoms with E-state index < -0.39 is 66.8 Å². The van der Waals surface area contributed by atoms with Crippen LogP contribution in [0.4, 0.5) is 0 Å². The molecule has 1 N–H and O–H groups in total. The molecule has 16 nitrogen and oxygen atoms in total. The SMILES string of the molecule is CC(C)(C)C(=O)OCOC(=O)C1=C(C=CO)O[C@@H]2CC(=O)N12.CC(C)(C)C(=O)OCOC(=O)C1C(=CC=O)O[C@@H]2CC(=O)N12. The van der Waals surface area contributed by atoms with Crippen LogP contribution in [-0.2, 0) is 62.0 Å². The smallest absolute Gasteiger partial charge is 0.361 e. The van der Waals surface area contributed by atoms with Crippen LogP contribution >= 0.6 is 0 Å². The van der Waals surface area contributed by atoms with E-state index in [1.54, 1.807) is 41.5 Å². The van der Waals surface area contributed by atoms with Crippen LogP contribution in [0.25, 0.3) is 0 Å². The van der Waals surface area contributed by atoms with E-state index >= 15 is 0 Å². The second kappa shape index (κ2) is 13.2. The van der Waals surface area contributed by atoms with Crippen molar-refractivity contribution in [2.75, 3.05) is 13.6 Å². The zero-order valence-corrected chi connectivity index (χ0v) is 25.0. The highest BCUT2D eigenvalue weighted by atomic mass is 16.7. The summed E-state index contributed by atoms with van der Waals surface area (Å²) < 4.78 is 30.0. The van der Waals surface area contributed by atoms with Gasteiger partial charge in [-0.3, -0.25) is 33.8 Å². The molecule has 16 heteroatoms. The number of aliphatic hydroxyl groups is 1. The lowest BCUT2D eigenvalue weighted by Crippen LogP contribution is -2.55. The molecule has 1 unspecified atom stereocenters. The highest BCUT2D eigenvalue weighted by molar-refractivity contribution is 5.98. The Bertz CT molecular complexity index is 1320. The summed E-state index contributed by atoms with van der Waals surface area (Å²) in [6.07, 6.45) is 2.57. The zero-order valence-electron chi connectivity index (χ0n) is 25.0. The van der Waals surface area contributed by atoms with Gasteiger partial charge in [-0.25, -0.2) is 9.59 Å². The quantitative estimate of drug-likeness (QED) is 0.101. The Morgan fingerprint density at radius 2 is 1.43 bits per heavy atom. The van der Waals surface area contributed by atoms with Gasteiger partial charge in [0.25, 0.3) is 0 Å². The minimum Gasteiger partial charge on any atom is -0.515 e. The molecule has 4 aliphatic heterocycles. The van der Waals surface area contributed by atoms with Crippen molar-refractivity contribution in [3.8, 4) is 0 Å². The monoisotopic (exact) mass is 622 g/mol. The molecular formula is C28H34N2O14. The molecule has 2 amide bonds. The Labute approximate surface area is 252 Å². The van der Waals surface area contributed by atoms with Gasteiger partial charge >= 0.3 is 23.9 Å². The van der Waals surface area contributed by atoms with Gasteiger partial charge in [0.2, 0.25) is 25.4 Å². The van der Waals surface area contributed by atoms with Crippen LogP contribution in [0.3, 0.4) is 0 Å². The summed E-state index contributed by atoms with van der Waals surface area (Å²) in [5.74, 6) is -3.20. The second-order valence-corrected chi connectivity index (χ2v) is 11.7. The van der Waals surface area contributed by atoms with Crippen molar-refractivity contribution in [2.45, 2.75) is 72.9 Å². The number of hydrogen-bond acceptors (Lipinski definition) is 14. The fourth-order valence-corrected chi connectivity index (χ4v) is 3.91. The van der Waals surface area contributed by atoms with Gasteiger partial charge in [-0.05, 0) is 41.5 Å². The fourth-order valence-electron chi connectivity index (χ4n) is 3.91. The number of esters is 4. The lowest BCUT2D eigenvalue weighted by Gasteiger charge is -2.33. The van der Waals surface area contributed by atoms with Crippen molar-refractivity contribution >= 4 is 42.0 Å². The van der Waals surface area contributed by atoms with Gasteiger partial charge in [0.15, 0.2) is 30.0 Å². The Kier molecular flexibility index (Phi) is 10.1. The van der Waals surface area contributed by atoms with E-state index in [4.69, 9.17) is 33.5 Å². The normalized spacial score (nSPS) is 22.9. The Hall–Kier alpha value is -4.89. The van der Waals surface area contributed by atoms with Gasteiger partial charge in [-0.1, -0.05) is 0 Å². The predicted molar refractivity (Wildman–Crippen MR) is 142 cm³/mol. The summed E-state index contributed by atoms with van der Waals surface area (Å²) in [6, 6.07) is -1.11. The molecular weight excluding hydrogens is 588 g/mol. The summed E-state index contributed by atoms with van der Waals surface area (Å²) in [6.45, 7) is 8.85.